The minimum atomic E-state index is -4.26. The number of aromatic nitrogens is 2. The van der Waals surface area contributed by atoms with Crippen LogP contribution in [0.3, 0.4) is 0 Å². The molecule has 0 aliphatic rings. The molecular weight excluding hydrogens is 557 g/mol. The number of hydrogen-bond donors (Lipinski definition) is 1. The second kappa shape index (κ2) is 13.6. The van der Waals surface area contributed by atoms with Gasteiger partial charge in [-0.15, -0.1) is 0 Å². The third-order valence-corrected chi connectivity index (χ3v) is 7.61. The van der Waals surface area contributed by atoms with Gasteiger partial charge in [0.25, 0.3) is 15.9 Å². The summed E-state index contributed by atoms with van der Waals surface area (Å²) in [4.78, 5) is 21.8. The zero-order valence-corrected chi connectivity index (χ0v) is 24.8. The molecule has 0 fully saturated rings. The van der Waals surface area contributed by atoms with Crippen molar-refractivity contribution in [2.75, 3.05) is 13.2 Å². The SMILES string of the molecule is Cc1cccc(S(=O)(=O)NC(=O)c2ccc(-c3cc(F)cc(OCC(C)C)c3)nc2OCCC(C)c2ccccc2)n1. The summed E-state index contributed by atoms with van der Waals surface area (Å²) in [5.41, 5.74) is 2.27. The number of halogens is 1. The molecule has 8 nitrogen and oxygen atoms in total. The Kier molecular flexibility index (Phi) is 9.90. The Labute approximate surface area is 246 Å². The number of ether oxygens (including phenoxy) is 2. The first kappa shape index (κ1) is 30.6. The summed E-state index contributed by atoms with van der Waals surface area (Å²) < 4.78 is 54.0. The molecule has 1 amide bonds. The van der Waals surface area contributed by atoms with Gasteiger partial charge in [-0.05, 0) is 67.1 Å². The number of nitrogens with one attached hydrogen (secondary N) is 1. The molecule has 0 aliphatic carbocycles. The predicted octanol–water partition coefficient (Wildman–Crippen LogP) is 6.32. The van der Waals surface area contributed by atoms with Crippen LogP contribution in [0.5, 0.6) is 11.6 Å². The van der Waals surface area contributed by atoms with Crippen LogP contribution in [0, 0.1) is 18.7 Å². The largest absolute Gasteiger partial charge is 0.493 e. The number of hydrogen-bond acceptors (Lipinski definition) is 7. The van der Waals surface area contributed by atoms with E-state index < -0.39 is 21.7 Å². The Morgan fingerprint density at radius 1 is 0.929 bits per heavy atom. The molecule has 1 atom stereocenters. The maximum atomic E-state index is 14.5. The summed E-state index contributed by atoms with van der Waals surface area (Å²) in [5, 5.41) is -0.284. The number of amides is 1. The minimum absolute atomic E-state index is 0.0772. The van der Waals surface area contributed by atoms with Gasteiger partial charge in [-0.3, -0.25) is 4.79 Å². The highest BCUT2D eigenvalue weighted by atomic mass is 32.2. The maximum absolute atomic E-state index is 14.5. The van der Waals surface area contributed by atoms with Crippen molar-refractivity contribution in [3.05, 3.63) is 102 Å². The van der Waals surface area contributed by atoms with Crippen molar-refractivity contribution in [1.29, 1.82) is 0 Å². The number of rotatable bonds is 12. The Hall–Kier alpha value is -4.31. The molecule has 42 heavy (non-hydrogen) atoms. The summed E-state index contributed by atoms with van der Waals surface area (Å²) in [6.45, 7) is 8.30. The monoisotopic (exact) mass is 591 g/mol. The van der Waals surface area contributed by atoms with Gasteiger partial charge < -0.3 is 9.47 Å². The minimum Gasteiger partial charge on any atom is -0.493 e. The van der Waals surface area contributed by atoms with Crippen molar-refractivity contribution >= 4 is 15.9 Å². The first-order valence-electron chi connectivity index (χ1n) is 13.6. The molecule has 4 aromatic rings. The average molecular weight is 592 g/mol. The molecule has 4 rings (SSSR count). The van der Waals surface area contributed by atoms with Crippen molar-refractivity contribution in [1.82, 2.24) is 14.7 Å². The maximum Gasteiger partial charge on any atom is 0.281 e. The number of nitrogens with zero attached hydrogens (tertiary/aromatic N) is 2. The second-order valence-electron chi connectivity index (χ2n) is 10.4. The van der Waals surface area contributed by atoms with Crippen LogP contribution in [0.4, 0.5) is 4.39 Å². The normalized spacial score (nSPS) is 12.1. The first-order valence-corrected chi connectivity index (χ1v) is 15.1. The van der Waals surface area contributed by atoms with E-state index in [1.165, 1.54) is 36.4 Å². The van der Waals surface area contributed by atoms with Crippen LogP contribution in [-0.4, -0.2) is 37.5 Å². The lowest BCUT2D eigenvalue weighted by atomic mass is 9.98. The molecule has 1 N–H and O–H groups in total. The van der Waals surface area contributed by atoms with E-state index in [4.69, 9.17) is 9.47 Å². The van der Waals surface area contributed by atoms with Crippen molar-refractivity contribution in [3.8, 4) is 22.9 Å². The topological polar surface area (TPSA) is 107 Å². The highest BCUT2D eigenvalue weighted by Crippen LogP contribution is 2.29. The molecule has 0 saturated heterocycles. The Balaban J connectivity index is 1.63. The molecule has 0 radical (unpaired) electrons. The third kappa shape index (κ3) is 8.13. The fourth-order valence-electron chi connectivity index (χ4n) is 4.12. The van der Waals surface area contributed by atoms with Crippen LogP contribution in [-0.2, 0) is 10.0 Å². The van der Waals surface area contributed by atoms with Crippen molar-refractivity contribution < 1.29 is 27.1 Å². The lowest BCUT2D eigenvalue weighted by molar-refractivity contribution is 0.0976. The van der Waals surface area contributed by atoms with Gasteiger partial charge in [0.05, 0.1) is 18.9 Å². The van der Waals surface area contributed by atoms with Crippen LogP contribution >= 0.6 is 0 Å². The summed E-state index contributed by atoms with van der Waals surface area (Å²) >= 11 is 0. The second-order valence-corrected chi connectivity index (χ2v) is 12.1. The van der Waals surface area contributed by atoms with Gasteiger partial charge >= 0.3 is 0 Å². The van der Waals surface area contributed by atoms with Crippen LogP contribution in [0.2, 0.25) is 0 Å². The average Bonchev–Trinajstić information content (AvgIpc) is 2.96. The van der Waals surface area contributed by atoms with Crippen molar-refractivity contribution in [3.63, 3.8) is 0 Å². The number of aryl methyl sites for hydroxylation is 1. The van der Waals surface area contributed by atoms with Gasteiger partial charge in [-0.25, -0.2) is 19.1 Å². The molecule has 2 aromatic heterocycles. The molecule has 2 heterocycles. The smallest absolute Gasteiger partial charge is 0.281 e. The lowest BCUT2D eigenvalue weighted by Crippen LogP contribution is -2.31. The van der Waals surface area contributed by atoms with Gasteiger partial charge in [-0.2, -0.15) is 8.42 Å². The van der Waals surface area contributed by atoms with Gasteiger partial charge in [0.15, 0.2) is 5.03 Å². The number of pyridine rings is 2. The predicted molar refractivity (Wildman–Crippen MR) is 159 cm³/mol. The van der Waals surface area contributed by atoms with E-state index in [1.807, 2.05) is 44.2 Å². The van der Waals surface area contributed by atoms with E-state index >= 15 is 0 Å². The van der Waals surface area contributed by atoms with E-state index in [9.17, 15) is 17.6 Å². The molecule has 1 unspecified atom stereocenters. The molecule has 2 aromatic carbocycles. The molecule has 0 spiro atoms. The zero-order chi connectivity index (χ0) is 30.3. The number of carbonyl (C=O) groups excluding carboxylic acids is 1. The van der Waals surface area contributed by atoms with E-state index in [0.717, 1.165) is 5.56 Å². The summed E-state index contributed by atoms with van der Waals surface area (Å²) in [6.07, 6.45) is 0.607. The summed E-state index contributed by atoms with van der Waals surface area (Å²) in [7, 11) is -4.26. The molecule has 0 saturated carbocycles. The Morgan fingerprint density at radius 3 is 2.40 bits per heavy atom. The molecular formula is C32H34FN3O5S. The third-order valence-electron chi connectivity index (χ3n) is 6.38. The van der Waals surface area contributed by atoms with Crippen LogP contribution < -0.4 is 14.2 Å². The van der Waals surface area contributed by atoms with Crippen LogP contribution in [0.1, 0.15) is 54.7 Å². The van der Waals surface area contributed by atoms with E-state index in [1.54, 1.807) is 19.1 Å². The fourth-order valence-corrected chi connectivity index (χ4v) is 5.10. The van der Waals surface area contributed by atoms with E-state index in [-0.39, 0.29) is 34.9 Å². The standard InChI is InChI=1S/C32H34FN3O5S/c1-21(2)20-41-27-18-25(17-26(33)19-27)29-14-13-28(31(37)36-42(38,39)30-12-8-9-23(4)34-30)32(35-29)40-16-15-22(3)24-10-6-5-7-11-24/h5-14,17-19,21-22H,15-16,20H2,1-4H3,(H,36,37). The number of sulfonamides is 1. The molecule has 0 aliphatic heterocycles. The van der Waals surface area contributed by atoms with Gasteiger partial charge in [-0.1, -0.05) is 57.2 Å². The molecule has 10 heteroatoms. The summed E-state index contributed by atoms with van der Waals surface area (Å²) in [6, 6.07) is 21.6. The van der Waals surface area contributed by atoms with E-state index in [0.29, 0.717) is 35.7 Å². The van der Waals surface area contributed by atoms with Crippen molar-refractivity contribution in [2.24, 2.45) is 5.92 Å². The van der Waals surface area contributed by atoms with Crippen LogP contribution in [0.15, 0.2) is 83.9 Å². The van der Waals surface area contributed by atoms with Crippen molar-refractivity contribution in [2.45, 2.75) is 45.1 Å². The molecule has 0 bridgehead atoms. The number of carbonyl (C=O) groups is 1. The number of benzene rings is 2. The summed E-state index contributed by atoms with van der Waals surface area (Å²) in [5.74, 6) is -0.764. The van der Waals surface area contributed by atoms with Crippen LogP contribution in [0.25, 0.3) is 11.3 Å². The highest BCUT2D eigenvalue weighted by molar-refractivity contribution is 7.90. The lowest BCUT2D eigenvalue weighted by Gasteiger charge is -2.16. The quantitative estimate of drug-likeness (QED) is 0.206. The Morgan fingerprint density at radius 2 is 1.69 bits per heavy atom. The van der Waals surface area contributed by atoms with Gasteiger partial charge in [0, 0.05) is 17.3 Å². The van der Waals surface area contributed by atoms with Gasteiger partial charge in [0.2, 0.25) is 5.88 Å². The zero-order valence-electron chi connectivity index (χ0n) is 24.0. The highest BCUT2D eigenvalue weighted by Gasteiger charge is 2.24. The van der Waals surface area contributed by atoms with E-state index in [2.05, 4.69) is 21.6 Å². The molecule has 220 valence electrons. The van der Waals surface area contributed by atoms with Gasteiger partial charge in [0.1, 0.15) is 17.1 Å². The fraction of sp³-hybridized carbons (Fsp3) is 0.281. The Bertz CT molecular complexity index is 1650. The first-order chi connectivity index (χ1) is 20.0.